The van der Waals surface area contributed by atoms with Crippen LogP contribution in [-0.4, -0.2) is 17.6 Å². The summed E-state index contributed by atoms with van der Waals surface area (Å²) in [5, 5.41) is 8.69. The van der Waals surface area contributed by atoms with Crippen molar-refractivity contribution in [3.8, 4) is 0 Å². The SMILES string of the molecule is [2H]C([2H])(N)C(CC(C)C)C([2H])([2H])C(=O)O. The third-order valence-corrected chi connectivity index (χ3v) is 1.21. The molecule has 0 bridgehead atoms. The first-order valence-electron chi connectivity index (χ1n) is 5.51. The van der Waals surface area contributed by atoms with E-state index in [0.29, 0.717) is 0 Å². The molecular weight excluding hydrogens is 142 g/mol. The molecule has 1 atom stereocenters. The fourth-order valence-corrected chi connectivity index (χ4v) is 0.789. The van der Waals surface area contributed by atoms with Gasteiger partial charge in [0.2, 0.25) is 0 Å². The van der Waals surface area contributed by atoms with Crippen molar-refractivity contribution in [2.24, 2.45) is 17.6 Å². The number of rotatable bonds is 5. The monoisotopic (exact) mass is 163 g/mol. The Morgan fingerprint density at radius 3 is 2.55 bits per heavy atom. The van der Waals surface area contributed by atoms with Gasteiger partial charge in [0.15, 0.2) is 0 Å². The molecule has 3 heteroatoms. The molecule has 66 valence electrons. The molecular formula is C8H17NO2. The van der Waals surface area contributed by atoms with Gasteiger partial charge in [0, 0.05) is 11.9 Å². The summed E-state index contributed by atoms with van der Waals surface area (Å²) in [4.78, 5) is 10.7. The van der Waals surface area contributed by atoms with Crippen LogP contribution in [0.25, 0.3) is 0 Å². The van der Waals surface area contributed by atoms with Gasteiger partial charge < -0.3 is 10.8 Å². The first kappa shape index (κ1) is 5.14. The van der Waals surface area contributed by atoms with E-state index in [0.717, 1.165) is 0 Å². The normalized spacial score (nSPS) is 21.5. The van der Waals surface area contributed by atoms with E-state index < -0.39 is 24.8 Å². The van der Waals surface area contributed by atoms with Gasteiger partial charge in [0.05, 0.1) is 0 Å². The Morgan fingerprint density at radius 1 is 1.73 bits per heavy atom. The second-order valence-corrected chi connectivity index (χ2v) is 2.80. The van der Waals surface area contributed by atoms with E-state index in [-0.39, 0.29) is 12.3 Å². The van der Waals surface area contributed by atoms with Crippen molar-refractivity contribution in [1.82, 2.24) is 0 Å². The molecule has 11 heavy (non-hydrogen) atoms. The molecule has 0 spiro atoms. The lowest BCUT2D eigenvalue weighted by atomic mass is 9.94. The first-order valence-corrected chi connectivity index (χ1v) is 3.51. The average molecular weight is 163 g/mol. The molecule has 0 heterocycles. The zero-order chi connectivity index (χ0) is 12.4. The van der Waals surface area contributed by atoms with Crippen LogP contribution < -0.4 is 5.73 Å². The van der Waals surface area contributed by atoms with Crippen LogP contribution in [0.5, 0.6) is 0 Å². The molecule has 3 nitrogen and oxygen atoms in total. The van der Waals surface area contributed by atoms with E-state index in [1.54, 1.807) is 13.8 Å². The molecule has 0 aliphatic carbocycles. The van der Waals surface area contributed by atoms with Crippen LogP contribution >= 0.6 is 0 Å². The van der Waals surface area contributed by atoms with Crippen LogP contribution in [0.15, 0.2) is 0 Å². The van der Waals surface area contributed by atoms with Gasteiger partial charge in [-0.25, -0.2) is 0 Å². The Kier molecular flexibility index (Phi) is 2.40. The van der Waals surface area contributed by atoms with Gasteiger partial charge in [-0.05, 0) is 24.8 Å². The van der Waals surface area contributed by atoms with Gasteiger partial charge in [-0.1, -0.05) is 13.8 Å². The maximum absolute atomic E-state index is 10.7. The predicted molar refractivity (Wildman–Crippen MR) is 44.3 cm³/mol. The highest BCUT2D eigenvalue weighted by Gasteiger charge is 2.12. The molecule has 0 amide bonds. The Bertz CT molecular complexity index is 237. The summed E-state index contributed by atoms with van der Waals surface area (Å²) in [5.74, 6) is -3.06. The molecule has 0 saturated carbocycles. The maximum atomic E-state index is 10.7. The van der Waals surface area contributed by atoms with E-state index in [9.17, 15) is 4.79 Å². The molecule has 0 aromatic heterocycles. The number of carbonyl (C=O) groups is 1. The van der Waals surface area contributed by atoms with Crippen molar-refractivity contribution in [3.63, 3.8) is 0 Å². The van der Waals surface area contributed by atoms with Crippen molar-refractivity contribution in [1.29, 1.82) is 0 Å². The largest absolute Gasteiger partial charge is 0.481 e. The van der Waals surface area contributed by atoms with Crippen molar-refractivity contribution in [3.05, 3.63) is 0 Å². The van der Waals surface area contributed by atoms with Gasteiger partial charge in [0.25, 0.3) is 0 Å². The van der Waals surface area contributed by atoms with Crippen molar-refractivity contribution in [2.45, 2.75) is 26.6 Å². The summed E-state index contributed by atoms with van der Waals surface area (Å²) < 4.78 is 29.2. The predicted octanol–water partition coefficient (Wildman–Crippen LogP) is 1.08. The van der Waals surface area contributed by atoms with E-state index in [4.69, 9.17) is 16.3 Å². The smallest absolute Gasteiger partial charge is 0.303 e. The second-order valence-electron chi connectivity index (χ2n) is 2.80. The summed E-state index contributed by atoms with van der Waals surface area (Å²) in [6, 6.07) is 0. The number of aliphatic carboxylic acids is 1. The number of hydrogen-bond acceptors (Lipinski definition) is 2. The van der Waals surface area contributed by atoms with Crippen LogP contribution in [-0.2, 0) is 4.79 Å². The van der Waals surface area contributed by atoms with Crippen LogP contribution in [0.2, 0.25) is 0 Å². The van der Waals surface area contributed by atoms with Crippen LogP contribution in [0.1, 0.15) is 32.1 Å². The molecule has 3 N–H and O–H groups in total. The molecule has 0 rings (SSSR count). The molecule has 0 aromatic carbocycles. The Balaban J connectivity index is 5.03. The number of carboxylic acid groups (broad SMARTS) is 1. The highest BCUT2D eigenvalue weighted by atomic mass is 16.4. The van der Waals surface area contributed by atoms with Crippen LogP contribution in [0, 0.1) is 11.8 Å². The zero-order valence-electron chi connectivity index (χ0n) is 10.8. The number of hydrogen-bond donors (Lipinski definition) is 2. The average Bonchev–Trinajstić information content (AvgIpc) is 1.97. The van der Waals surface area contributed by atoms with E-state index in [1.165, 1.54) is 0 Å². The minimum atomic E-state index is -2.65. The zero-order valence-corrected chi connectivity index (χ0v) is 6.79. The standard InChI is InChI=1S/C8H17NO2/c1-6(2)3-7(5-9)4-8(10)11/h6-7H,3-5,9H2,1-2H3,(H,10,11)/i4D2,5D2. The fourth-order valence-electron chi connectivity index (χ4n) is 0.789. The molecule has 0 aromatic rings. The third-order valence-electron chi connectivity index (χ3n) is 1.21. The van der Waals surface area contributed by atoms with Gasteiger partial charge >= 0.3 is 5.97 Å². The molecule has 0 fully saturated rings. The lowest BCUT2D eigenvalue weighted by Crippen LogP contribution is -2.19. The summed E-state index contributed by atoms with van der Waals surface area (Å²) in [6.07, 6.45) is -2.56. The minimum absolute atomic E-state index is 0.0250. The first-order chi connectivity index (χ1) is 6.49. The molecule has 0 radical (unpaired) electrons. The summed E-state index contributed by atoms with van der Waals surface area (Å²) in [6.45, 7) is 1.18. The molecule has 0 aliphatic rings. The summed E-state index contributed by atoms with van der Waals surface area (Å²) in [7, 11) is 0. The summed E-state index contributed by atoms with van der Waals surface area (Å²) >= 11 is 0. The molecule has 0 saturated heterocycles. The lowest BCUT2D eigenvalue weighted by Gasteiger charge is -2.13. The van der Waals surface area contributed by atoms with Crippen LogP contribution in [0.4, 0.5) is 0 Å². The van der Waals surface area contributed by atoms with Crippen molar-refractivity contribution >= 4 is 5.97 Å². The number of carboxylic acids is 1. The van der Waals surface area contributed by atoms with Gasteiger partial charge in [0.1, 0.15) is 0 Å². The topological polar surface area (TPSA) is 63.3 Å². The number of nitrogens with two attached hydrogens (primary N) is 1. The third kappa shape index (κ3) is 5.85. The van der Waals surface area contributed by atoms with Gasteiger partial charge in [-0.3, -0.25) is 4.79 Å². The highest BCUT2D eigenvalue weighted by molar-refractivity contribution is 5.67. The van der Waals surface area contributed by atoms with E-state index in [2.05, 4.69) is 0 Å². The van der Waals surface area contributed by atoms with Gasteiger partial charge in [-0.15, -0.1) is 0 Å². The quantitative estimate of drug-likeness (QED) is 0.637. The van der Waals surface area contributed by atoms with Crippen molar-refractivity contribution in [2.75, 3.05) is 6.50 Å². The Labute approximate surface area is 73.2 Å². The molecule has 1 unspecified atom stereocenters. The van der Waals surface area contributed by atoms with Crippen LogP contribution in [0.3, 0.4) is 0 Å². The van der Waals surface area contributed by atoms with Crippen molar-refractivity contribution < 1.29 is 15.4 Å². The highest BCUT2D eigenvalue weighted by Crippen LogP contribution is 2.13. The van der Waals surface area contributed by atoms with Gasteiger partial charge in [-0.2, -0.15) is 0 Å². The fraction of sp³-hybridized carbons (Fsp3) is 0.875. The summed E-state index contributed by atoms with van der Waals surface area (Å²) in [5.41, 5.74) is 5.18. The van der Waals surface area contributed by atoms with E-state index >= 15 is 0 Å². The molecule has 0 aliphatic heterocycles. The lowest BCUT2D eigenvalue weighted by molar-refractivity contribution is -0.138. The maximum Gasteiger partial charge on any atom is 0.303 e. The minimum Gasteiger partial charge on any atom is -0.481 e. The van der Waals surface area contributed by atoms with E-state index in [1.807, 2.05) is 0 Å². The Hall–Kier alpha value is -0.570. The Morgan fingerprint density at radius 2 is 2.27 bits per heavy atom. The second kappa shape index (κ2) is 5.13.